The van der Waals surface area contributed by atoms with Crippen molar-refractivity contribution in [3.05, 3.63) is 24.3 Å². The number of unbranched alkanes of at least 4 members (excludes halogenated alkanes) is 31. The van der Waals surface area contributed by atoms with Gasteiger partial charge >= 0.3 is 5.97 Å². The number of hydrogen-bond donors (Lipinski definition) is 1. The molecule has 0 aliphatic heterocycles. The molecule has 302 valence electrons. The molecule has 1 atom stereocenters. The van der Waals surface area contributed by atoms with Crippen LogP contribution in [0.4, 0.5) is 0 Å². The summed E-state index contributed by atoms with van der Waals surface area (Å²) in [6.07, 6.45) is 55.3. The lowest BCUT2D eigenvalue weighted by molar-refractivity contribution is -0.154. The van der Waals surface area contributed by atoms with Crippen molar-refractivity contribution in [2.75, 3.05) is 19.8 Å². The van der Waals surface area contributed by atoms with E-state index in [1.165, 1.54) is 199 Å². The predicted octanol–water partition coefficient (Wildman–Crippen LogP) is 15.1. The van der Waals surface area contributed by atoms with E-state index in [4.69, 9.17) is 9.47 Å². The summed E-state index contributed by atoms with van der Waals surface area (Å²) in [6.45, 7) is 5.37. The first-order chi connectivity index (χ1) is 25.2. The van der Waals surface area contributed by atoms with Crippen LogP contribution in [0.3, 0.4) is 0 Å². The van der Waals surface area contributed by atoms with Gasteiger partial charge in [-0.3, -0.25) is 4.79 Å². The Kier molecular flexibility index (Phi) is 44.0. The summed E-state index contributed by atoms with van der Waals surface area (Å²) < 4.78 is 11.2. The molecule has 0 heterocycles. The summed E-state index contributed by atoms with van der Waals surface area (Å²) in [6, 6.07) is 0. The third-order valence-corrected chi connectivity index (χ3v) is 10.3. The lowest BCUT2D eigenvalue weighted by Crippen LogP contribution is -2.27. The van der Waals surface area contributed by atoms with Crippen LogP contribution in [0.15, 0.2) is 24.3 Å². The molecule has 0 saturated heterocycles. The topological polar surface area (TPSA) is 55.8 Å². The third-order valence-electron chi connectivity index (χ3n) is 10.3. The number of aliphatic hydroxyl groups excluding tert-OH is 1. The average Bonchev–Trinajstić information content (AvgIpc) is 3.14. The summed E-state index contributed by atoms with van der Waals surface area (Å²) in [5.74, 6) is -0.197. The molecule has 4 heteroatoms. The molecule has 0 saturated carbocycles. The molecule has 0 aliphatic rings. The van der Waals surface area contributed by atoms with Gasteiger partial charge in [0.2, 0.25) is 0 Å². The fourth-order valence-corrected chi connectivity index (χ4v) is 6.83. The van der Waals surface area contributed by atoms with Crippen LogP contribution in [-0.4, -0.2) is 37.0 Å². The first kappa shape index (κ1) is 49.9. The van der Waals surface area contributed by atoms with Gasteiger partial charge in [0.1, 0.15) is 6.10 Å². The molecule has 1 N–H and O–H groups in total. The lowest BCUT2D eigenvalue weighted by atomic mass is 10.0. The van der Waals surface area contributed by atoms with Crippen molar-refractivity contribution in [3.63, 3.8) is 0 Å². The minimum Gasteiger partial charge on any atom is -0.457 e. The zero-order valence-corrected chi connectivity index (χ0v) is 34.6. The van der Waals surface area contributed by atoms with Crippen molar-refractivity contribution < 1.29 is 19.4 Å². The molecule has 4 nitrogen and oxygen atoms in total. The highest BCUT2D eigenvalue weighted by molar-refractivity contribution is 5.69. The maximum Gasteiger partial charge on any atom is 0.306 e. The van der Waals surface area contributed by atoms with Crippen LogP contribution in [0.2, 0.25) is 0 Å². The third kappa shape index (κ3) is 43.2. The Labute approximate surface area is 319 Å². The quantitative estimate of drug-likeness (QED) is 0.0387. The van der Waals surface area contributed by atoms with Gasteiger partial charge in [0, 0.05) is 13.0 Å². The fraction of sp³-hybridized carbons (Fsp3) is 0.894. The number of allylic oxidation sites excluding steroid dienone is 4. The molecule has 0 bridgehead atoms. The van der Waals surface area contributed by atoms with Crippen molar-refractivity contribution >= 4 is 5.97 Å². The number of ether oxygens (including phenoxy) is 2. The summed E-state index contributed by atoms with van der Waals surface area (Å²) in [7, 11) is 0. The van der Waals surface area contributed by atoms with Crippen LogP contribution in [0.5, 0.6) is 0 Å². The Morgan fingerprint density at radius 2 is 0.824 bits per heavy atom. The Hall–Kier alpha value is -1.13. The standard InChI is InChI=1S/C47H90O4/c1-3-5-7-9-11-13-15-17-19-20-21-22-23-24-25-26-27-28-29-30-32-34-36-38-40-42-47(49)51-46(44-48)45-50-43-41-39-37-35-33-31-18-16-14-12-10-8-6-4-2/h15,17,20-21,46,48H,3-14,16,18-19,22-45H2,1-2H3/b17-15-,21-20-. The van der Waals surface area contributed by atoms with E-state index in [0.717, 1.165) is 25.7 Å². The van der Waals surface area contributed by atoms with E-state index in [2.05, 4.69) is 38.2 Å². The maximum absolute atomic E-state index is 12.2. The van der Waals surface area contributed by atoms with Gasteiger partial charge in [0.05, 0.1) is 13.2 Å². The maximum atomic E-state index is 12.2. The van der Waals surface area contributed by atoms with Crippen LogP contribution in [-0.2, 0) is 14.3 Å². The van der Waals surface area contributed by atoms with Crippen LogP contribution >= 0.6 is 0 Å². The van der Waals surface area contributed by atoms with Gasteiger partial charge in [0.15, 0.2) is 0 Å². The summed E-state index contributed by atoms with van der Waals surface area (Å²) in [5.41, 5.74) is 0. The van der Waals surface area contributed by atoms with Gasteiger partial charge in [-0.2, -0.15) is 0 Å². The Bertz CT molecular complexity index is 717. The number of aliphatic hydroxyl groups is 1. The molecule has 51 heavy (non-hydrogen) atoms. The first-order valence-electron chi connectivity index (χ1n) is 22.9. The van der Waals surface area contributed by atoms with Gasteiger partial charge in [-0.1, -0.05) is 218 Å². The Morgan fingerprint density at radius 1 is 0.471 bits per heavy atom. The zero-order valence-electron chi connectivity index (χ0n) is 34.6. The van der Waals surface area contributed by atoms with Crippen LogP contribution in [0.1, 0.15) is 245 Å². The second kappa shape index (κ2) is 45.0. The smallest absolute Gasteiger partial charge is 0.306 e. The van der Waals surface area contributed by atoms with Crippen molar-refractivity contribution in [1.82, 2.24) is 0 Å². The highest BCUT2D eigenvalue weighted by atomic mass is 16.6. The first-order valence-corrected chi connectivity index (χ1v) is 22.9. The number of carbonyl (C=O) groups is 1. The summed E-state index contributed by atoms with van der Waals surface area (Å²) >= 11 is 0. The molecule has 0 radical (unpaired) electrons. The molecule has 0 aliphatic carbocycles. The minimum absolute atomic E-state index is 0.167. The summed E-state index contributed by atoms with van der Waals surface area (Å²) in [5, 5.41) is 9.61. The molecule has 0 aromatic rings. The van der Waals surface area contributed by atoms with Crippen LogP contribution in [0, 0.1) is 0 Å². The van der Waals surface area contributed by atoms with E-state index >= 15 is 0 Å². The minimum atomic E-state index is -0.529. The van der Waals surface area contributed by atoms with Crippen LogP contribution in [0.25, 0.3) is 0 Å². The molecular formula is C47H90O4. The highest BCUT2D eigenvalue weighted by Crippen LogP contribution is 2.15. The number of rotatable bonds is 43. The van der Waals surface area contributed by atoms with E-state index in [1.54, 1.807) is 0 Å². The largest absolute Gasteiger partial charge is 0.457 e. The lowest BCUT2D eigenvalue weighted by Gasteiger charge is -2.16. The molecule has 0 rings (SSSR count). The average molecular weight is 719 g/mol. The van der Waals surface area contributed by atoms with Gasteiger partial charge in [-0.05, 0) is 44.9 Å². The van der Waals surface area contributed by atoms with Crippen molar-refractivity contribution in [2.45, 2.75) is 251 Å². The van der Waals surface area contributed by atoms with Crippen molar-refractivity contribution in [1.29, 1.82) is 0 Å². The van der Waals surface area contributed by atoms with E-state index in [0.29, 0.717) is 19.6 Å². The normalized spacial score (nSPS) is 12.5. The Balaban J connectivity index is 3.38. The molecule has 0 aromatic heterocycles. The fourth-order valence-electron chi connectivity index (χ4n) is 6.83. The number of esters is 1. The van der Waals surface area contributed by atoms with Gasteiger partial charge < -0.3 is 14.6 Å². The highest BCUT2D eigenvalue weighted by Gasteiger charge is 2.13. The SMILES string of the molecule is CCCCCCC/C=C\C/C=C\CCCCCCCCCCCCCCCC(=O)OC(CO)COCCCCCCCCCCCCCCCC. The zero-order chi connectivity index (χ0) is 37.0. The van der Waals surface area contributed by atoms with Crippen molar-refractivity contribution in [2.24, 2.45) is 0 Å². The van der Waals surface area contributed by atoms with E-state index in [-0.39, 0.29) is 12.6 Å². The second-order valence-electron chi connectivity index (χ2n) is 15.5. The molecule has 0 spiro atoms. The van der Waals surface area contributed by atoms with Gasteiger partial charge in [0.25, 0.3) is 0 Å². The Morgan fingerprint density at radius 3 is 1.22 bits per heavy atom. The number of carbonyl (C=O) groups excluding carboxylic acids is 1. The van der Waals surface area contributed by atoms with E-state index in [9.17, 15) is 9.90 Å². The van der Waals surface area contributed by atoms with Gasteiger partial charge in [-0.15, -0.1) is 0 Å². The monoisotopic (exact) mass is 719 g/mol. The predicted molar refractivity (Wildman–Crippen MR) is 224 cm³/mol. The van der Waals surface area contributed by atoms with Crippen molar-refractivity contribution in [3.8, 4) is 0 Å². The molecule has 1 unspecified atom stereocenters. The molecule has 0 amide bonds. The van der Waals surface area contributed by atoms with Crippen LogP contribution < -0.4 is 0 Å². The van der Waals surface area contributed by atoms with Gasteiger partial charge in [-0.25, -0.2) is 0 Å². The second-order valence-corrected chi connectivity index (χ2v) is 15.5. The van der Waals surface area contributed by atoms with E-state index < -0.39 is 6.10 Å². The molecule has 0 fully saturated rings. The molecule has 0 aromatic carbocycles. The molecular weight excluding hydrogens is 629 g/mol. The summed E-state index contributed by atoms with van der Waals surface area (Å²) in [4.78, 5) is 12.2. The number of hydrogen-bond acceptors (Lipinski definition) is 4. The van der Waals surface area contributed by atoms with E-state index in [1.807, 2.05) is 0 Å².